The van der Waals surface area contributed by atoms with E-state index in [1.165, 1.54) is 24.3 Å². The van der Waals surface area contributed by atoms with Crippen LogP contribution in [0.25, 0.3) is 0 Å². The van der Waals surface area contributed by atoms with Gasteiger partial charge in [-0.15, -0.1) is 0 Å². The van der Waals surface area contributed by atoms with Crippen LogP contribution in [0.2, 0.25) is 5.02 Å². The molecule has 0 saturated carbocycles. The Morgan fingerprint density at radius 1 is 1.09 bits per heavy atom. The maximum atomic E-state index is 13.2. The van der Waals surface area contributed by atoms with Gasteiger partial charge in [-0.05, 0) is 56.3 Å². The average molecular weight is 510 g/mol. The zero-order chi connectivity index (χ0) is 25.0. The van der Waals surface area contributed by atoms with Crippen LogP contribution in [0, 0.1) is 5.92 Å². The molecule has 3 atom stereocenters. The molecule has 10 heteroatoms. The first-order chi connectivity index (χ1) is 16.0. The van der Waals surface area contributed by atoms with Gasteiger partial charge < -0.3 is 14.4 Å². The highest BCUT2D eigenvalue weighted by Gasteiger charge is 2.27. The number of fused-ring (bicyclic) bond motifs is 1. The second-order valence-electron chi connectivity index (χ2n) is 8.81. The molecule has 1 N–H and O–H groups in total. The smallest absolute Gasteiger partial charge is 0.261 e. The molecule has 8 nitrogen and oxygen atoms in total. The summed E-state index contributed by atoms with van der Waals surface area (Å²) >= 11 is 5.87. The molecule has 0 spiro atoms. The Hall–Kier alpha value is -2.33. The Bertz CT molecular complexity index is 1110. The molecule has 0 unspecified atom stereocenters. The van der Waals surface area contributed by atoms with E-state index in [0.29, 0.717) is 35.2 Å². The monoisotopic (exact) mass is 509 g/mol. The van der Waals surface area contributed by atoms with E-state index < -0.39 is 10.0 Å². The predicted molar refractivity (Wildman–Crippen MR) is 133 cm³/mol. The van der Waals surface area contributed by atoms with Crippen molar-refractivity contribution in [2.75, 3.05) is 45.6 Å². The minimum absolute atomic E-state index is 0.0643. The molecule has 0 aliphatic carbocycles. The van der Waals surface area contributed by atoms with E-state index in [1.54, 1.807) is 37.3 Å². The Kier molecular flexibility index (Phi) is 8.46. The second kappa shape index (κ2) is 10.9. The number of nitrogens with zero attached hydrogens (tertiary/aromatic N) is 2. The lowest BCUT2D eigenvalue weighted by Crippen LogP contribution is -2.45. The number of methoxy groups -OCH3 is 1. The van der Waals surface area contributed by atoms with Crippen molar-refractivity contribution in [2.45, 2.75) is 30.9 Å². The van der Waals surface area contributed by atoms with Gasteiger partial charge >= 0.3 is 0 Å². The fourth-order valence-corrected chi connectivity index (χ4v) is 5.02. The van der Waals surface area contributed by atoms with Gasteiger partial charge in [-0.25, -0.2) is 8.42 Å². The summed E-state index contributed by atoms with van der Waals surface area (Å²) < 4.78 is 39.9. The molecule has 1 heterocycles. The first-order valence-corrected chi connectivity index (χ1v) is 12.9. The number of amides is 1. The second-order valence-corrected chi connectivity index (χ2v) is 10.9. The number of hydrogen-bond donors (Lipinski definition) is 1. The van der Waals surface area contributed by atoms with E-state index in [0.717, 1.165) is 6.54 Å². The lowest BCUT2D eigenvalue weighted by Gasteiger charge is -2.34. The topological polar surface area (TPSA) is 88.2 Å². The Morgan fingerprint density at radius 3 is 2.41 bits per heavy atom. The quantitative estimate of drug-likeness (QED) is 0.677. The molecule has 2 aromatic rings. The van der Waals surface area contributed by atoms with Crippen molar-refractivity contribution in [1.29, 1.82) is 0 Å². The molecule has 0 saturated heterocycles. The SMILES string of the molecule is CO[C@H]1CN(C)C(=O)c2ccc(NS(=O)(=O)c3ccc(Cl)cc3)cc2OC[C@@H](C)N(C)C[C@@H]1C. The van der Waals surface area contributed by atoms with Gasteiger partial charge in [0.15, 0.2) is 0 Å². The Balaban J connectivity index is 1.94. The maximum absolute atomic E-state index is 13.2. The van der Waals surface area contributed by atoms with Crippen LogP contribution in [-0.4, -0.2) is 77.2 Å². The zero-order valence-corrected chi connectivity index (χ0v) is 21.7. The number of rotatable bonds is 4. The van der Waals surface area contributed by atoms with Gasteiger partial charge in [-0.3, -0.25) is 14.4 Å². The molecular weight excluding hydrogens is 478 g/mol. The summed E-state index contributed by atoms with van der Waals surface area (Å²) in [6.45, 7) is 5.68. The molecule has 2 aromatic carbocycles. The van der Waals surface area contributed by atoms with Gasteiger partial charge in [0.05, 0.1) is 22.3 Å². The number of anilines is 1. The lowest BCUT2D eigenvalue weighted by atomic mass is 10.0. The van der Waals surface area contributed by atoms with Crippen LogP contribution < -0.4 is 9.46 Å². The molecule has 3 rings (SSSR count). The molecule has 1 aliphatic heterocycles. The molecule has 186 valence electrons. The minimum Gasteiger partial charge on any atom is -0.491 e. The number of carbonyl (C=O) groups excluding carboxylic acids is 1. The Morgan fingerprint density at radius 2 is 1.76 bits per heavy atom. The van der Waals surface area contributed by atoms with Crippen molar-refractivity contribution < 1.29 is 22.7 Å². The summed E-state index contributed by atoms with van der Waals surface area (Å²) in [6, 6.07) is 10.6. The molecule has 0 radical (unpaired) electrons. The van der Waals surface area contributed by atoms with Crippen LogP contribution in [0.4, 0.5) is 5.69 Å². The maximum Gasteiger partial charge on any atom is 0.261 e. The van der Waals surface area contributed by atoms with E-state index in [9.17, 15) is 13.2 Å². The van der Waals surface area contributed by atoms with Crippen LogP contribution in [0.5, 0.6) is 5.75 Å². The average Bonchev–Trinajstić information content (AvgIpc) is 2.79. The van der Waals surface area contributed by atoms with Crippen molar-refractivity contribution in [3.63, 3.8) is 0 Å². The van der Waals surface area contributed by atoms with Crippen LogP contribution in [-0.2, 0) is 14.8 Å². The summed E-state index contributed by atoms with van der Waals surface area (Å²) in [5.41, 5.74) is 0.649. The number of hydrogen-bond acceptors (Lipinski definition) is 6. The molecule has 0 aromatic heterocycles. The number of nitrogens with one attached hydrogen (secondary N) is 1. The third-order valence-corrected chi connectivity index (χ3v) is 7.78. The number of sulfonamides is 1. The number of ether oxygens (including phenoxy) is 2. The van der Waals surface area contributed by atoms with Crippen LogP contribution in [0.15, 0.2) is 47.4 Å². The number of benzene rings is 2. The summed E-state index contributed by atoms with van der Waals surface area (Å²) in [4.78, 5) is 17.1. The number of halogens is 1. The third-order valence-electron chi connectivity index (χ3n) is 6.13. The number of likely N-dealkylation sites (N-methyl/N-ethyl adjacent to an activating group) is 2. The van der Waals surface area contributed by atoms with Crippen molar-refractivity contribution in [3.8, 4) is 5.75 Å². The number of carbonyl (C=O) groups is 1. The minimum atomic E-state index is -3.84. The van der Waals surface area contributed by atoms with E-state index in [4.69, 9.17) is 21.1 Å². The summed E-state index contributed by atoms with van der Waals surface area (Å²) in [5, 5.41) is 0.443. The Labute approximate surface area is 206 Å². The van der Waals surface area contributed by atoms with Crippen molar-refractivity contribution in [1.82, 2.24) is 9.80 Å². The summed E-state index contributed by atoms with van der Waals surface area (Å²) in [5.74, 6) is 0.296. The third kappa shape index (κ3) is 6.21. The van der Waals surface area contributed by atoms with Crippen molar-refractivity contribution in [2.24, 2.45) is 5.92 Å². The van der Waals surface area contributed by atoms with E-state index >= 15 is 0 Å². The molecule has 34 heavy (non-hydrogen) atoms. The van der Waals surface area contributed by atoms with Crippen molar-refractivity contribution >= 4 is 33.2 Å². The summed E-state index contributed by atoms with van der Waals surface area (Å²) in [7, 11) is 1.56. The highest BCUT2D eigenvalue weighted by atomic mass is 35.5. The van der Waals surface area contributed by atoms with E-state index in [1.807, 2.05) is 14.0 Å². The lowest BCUT2D eigenvalue weighted by molar-refractivity contribution is 0.0150. The van der Waals surface area contributed by atoms with Crippen LogP contribution >= 0.6 is 11.6 Å². The van der Waals surface area contributed by atoms with Gasteiger partial charge in [-0.2, -0.15) is 0 Å². The molecular formula is C24H32ClN3O5S. The van der Waals surface area contributed by atoms with E-state index in [2.05, 4.69) is 16.5 Å². The molecule has 1 aliphatic rings. The fraction of sp³-hybridized carbons (Fsp3) is 0.458. The largest absolute Gasteiger partial charge is 0.491 e. The van der Waals surface area contributed by atoms with Gasteiger partial charge in [-0.1, -0.05) is 18.5 Å². The van der Waals surface area contributed by atoms with Gasteiger partial charge in [0.2, 0.25) is 0 Å². The van der Waals surface area contributed by atoms with Gasteiger partial charge in [0.1, 0.15) is 12.4 Å². The summed E-state index contributed by atoms with van der Waals surface area (Å²) in [6.07, 6.45) is -0.127. The van der Waals surface area contributed by atoms with Crippen LogP contribution in [0.3, 0.4) is 0 Å². The van der Waals surface area contributed by atoms with Crippen molar-refractivity contribution in [3.05, 3.63) is 53.1 Å². The molecule has 0 bridgehead atoms. The zero-order valence-electron chi connectivity index (χ0n) is 20.1. The fourth-order valence-electron chi connectivity index (χ4n) is 3.84. The normalized spacial score (nSPS) is 22.8. The first-order valence-electron chi connectivity index (χ1n) is 11.1. The highest BCUT2D eigenvalue weighted by molar-refractivity contribution is 7.92. The highest BCUT2D eigenvalue weighted by Crippen LogP contribution is 2.28. The predicted octanol–water partition coefficient (Wildman–Crippen LogP) is 3.58. The molecule has 1 amide bonds. The van der Waals surface area contributed by atoms with Gasteiger partial charge in [0, 0.05) is 44.4 Å². The van der Waals surface area contributed by atoms with Gasteiger partial charge in [0.25, 0.3) is 15.9 Å². The molecule has 0 fully saturated rings. The standard InChI is InChI=1S/C24H32ClN3O5S/c1-16-13-27(3)17(2)15-33-22-12-19(26-34(30,31)20-9-6-18(25)7-10-20)8-11-21(22)24(29)28(4)14-23(16)32-5/h6-12,16-17,23,26H,13-15H2,1-5H3/t16-,17+,23-/m0/s1. The van der Waals surface area contributed by atoms with E-state index in [-0.39, 0.29) is 28.9 Å². The van der Waals surface area contributed by atoms with Crippen LogP contribution in [0.1, 0.15) is 24.2 Å². The first kappa shape index (κ1) is 26.3.